The van der Waals surface area contributed by atoms with Crippen molar-refractivity contribution >= 4 is 22.7 Å². The highest BCUT2D eigenvalue weighted by atomic mass is 16.4. The van der Waals surface area contributed by atoms with Crippen LogP contribution in [0.15, 0.2) is 30.3 Å². The highest BCUT2D eigenvalue weighted by molar-refractivity contribution is 5.86. The molecule has 2 N–H and O–H groups in total. The summed E-state index contributed by atoms with van der Waals surface area (Å²) in [4.78, 5) is 15.7. The number of anilines is 1. The average Bonchev–Trinajstić information content (AvgIpc) is 2.94. The molecule has 1 aromatic heterocycles. The Morgan fingerprint density at radius 2 is 2.19 bits per heavy atom. The molecule has 0 bridgehead atoms. The van der Waals surface area contributed by atoms with E-state index in [0.29, 0.717) is 17.8 Å². The van der Waals surface area contributed by atoms with Gasteiger partial charge in [-0.05, 0) is 25.0 Å². The Hall–Kier alpha value is -2.61. The van der Waals surface area contributed by atoms with Crippen LogP contribution in [-0.4, -0.2) is 22.1 Å². The monoisotopic (exact) mass is 281 g/mol. The summed E-state index contributed by atoms with van der Waals surface area (Å²) in [5.74, 6) is -0.585. The molecule has 2 atom stereocenters. The molecule has 1 aliphatic rings. The molecule has 1 saturated carbocycles. The molecule has 2 unspecified atom stereocenters. The summed E-state index contributed by atoms with van der Waals surface area (Å²) in [6.07, 6.45) is 2.40. The number of hydrogen-bond donors (Lipinski definition) is 2. The van der Waals surface area contributed by atoms with Crippen LogP contribution in [0.4, 0.5) is 5.82 Å². The highest BCUT2D eigenvalue weighted by Gasteiger charge is 2.33. The number of fused-ring (bicyclic) bond motifs is 1. The number of nitrogens with one attached hydrogen (secondary N) is 1. The number of carboxylic acid groups (broad SMARTS) is 1. The molecule has 0 aliphatic heterocycles. The fourth-order valence-electron chi connectivity index (χ4n) is 2.96. The number of para-hydroxylation sites is 1. The molecule has 106 valence electrons. The lowest BCUT2D eigenvalue weighted by atomic mass is 10.0. The number of nitriles is 1. The van der Waals surface area contributed by atoms with Crippen LogP contribution in [0.1, 0.15) is 24.8 Å². The summed E-state index contributed by atoms with van der Waals surface area (Å²) in [5.41, 5.74) is 1.29. The normalized spacial score (nSPS) is 21.1. The third-order valence-electron chi connectivity index (χ3n) is 4.00. The summed E-state index contributed by atoms with van der Waals surface area (Å²) < 4.78 is 0. The van der Waals surface area contributed by atoms with E-state index in [-0.39, 0.29) is 12.0 Å². The van der Waals surface area contributed by atoms with Gasteiger partial charge in [0.15, 0.2) is 0 Å². The van der Waals surface area contributed by atoms with Crippen LogP contribution in [0, 0.1) is 17.2 Å². The van der Waals surface area contributed by atoms with Crippen molar-refractivity contribution in [2.75, 3.05) is 5.32 Å². The first-order valence-electron chi connectivity index (χ1n) is 6.98. The van der Waals surface area contributed by atoms with Crippen molar-refractivity contribution in [1.82, 2.24) is 4.98 Å². The Morgan fingerprint density at radius 1 is 1.38 bits per heavy atom. The predicted octanol–water partition coefficient (Wildman–Crippen LogP) is 2.77. The molecule has 1 aliphatic carbocycles. The van der Waals surface area contributed by atoms with E-state index in [4.69, 9.17) is 0 Å². The zero-order chi connectivity index (χ0) is 14.8. The van der Waals surface area contributed by atoms with Crippen molar-refractivity contribution in [1.29, 1.82) is 5.26 Å². The van der Waals surface area contributed by atoms with Gasteiger partial charge in [-0.15, -0.1) is 0 Å². The van der Waals surface area contributed by atoms with E-state index in [1.165, 1.54) is 0 Å². The first kappa shape index (κ1) is 13.4. The number of pyridine rings is 1. The number of carboxylic acids is 1. The zero-order valence-corrected chi connectivity index (χ0v) is 11.4. The van der Waals surface area contributed by atoms with E-state index in [9.17, 15) is 15.2 Å². The van der Waals surface area contributed by atoms with Crippen LogP contribution in [0.2, 0.25) is 0 Å². The van der Waals surface area contributed by atoms with Gasteiger partial charge in [-0.1, -0.05) is 24.6 Å². The molecule has 2 aromatic rings. The van der Waals surface area contributed by atoms with Gasteiger partial charge in [-0.3, -0.25) is 4.79 Å². The zero-order valence-electron chi connectivity index (χ0n) is 11.4. The Balaban J connectivity index is 1.94. The lowest BCUT2D eigenvalue weighted by molar-refractivity contribution is -0.141. The lowest BCUT2D eigenvalue weighted by Gasteiger charge is -2.18. The molecule has 1 heterocycles. The van der Waals surface area contributed by atoms with Crippen molar-refractivity contribution in [2.24, 2.45) is 5.92 Å². The third-order valence-corrected chi connectivity index (χ3v) is 4.00. The number of nitrogens with zero attached hydrogens (tertiary/aromatic N) is 2. The second-order valence-corrected chi connectivity index (χ2v) is 5.31. The van der Waals surface area contributed by atoms with E-state index >= 15 is 0 Å². The van der Waals surface area contributed by atoms with Crippen molar-refractivity contribution < 1.29 is 9.90 Å². The van der Waals surface area contributed by atoms with Gasteiger partial charge in [0, 0.05) is 11.4 Å². The van der Waals surface area contributed by atoms with Crippen LogP contribution < -0.4 is 5.32 Å². The van der Waals surface area contributed by atoms with Crippen molar-refractivity contribution in [3.05, 3.63) is 35.9 Å². The van der Waals surface area contributed by atoms with Crippen LogP contribution in [0.3, 0.4) is 0 Å². The molecule has 5 nitrogen and oxygen atoms in total. The van der Waals surface area contributed by atoms with Crippen molar-refractivity contribution in [2.45, 2.75) is 25.3 Å². The summed E-state index contributed by atoms with van der Waals surface area (Å²) in [5, 5.41) is 22.5. The number of aromatic nitrogens is 1. The largest absolute Gasteiger partial charge is 0.481 e. The van der Waals surface area contributed by atoms with Crippen LogP contribution in [0.25, 0.3) is 10.9 Å². The van der Waals surface area contributed by atoms with Gasteiger partial charge in [0.05, 0.1) is 23.1 Å². The standard InChI is InChI=1S/C16H15N3O2/c17-9-10-8-15(18-13-6-2-1-4-11(10)13)19-14-7-3-5-12(14)16(20)21/h1-2,4,6,8,12,14H,3,5,7H2,(H,18,19)(H,20,21). The number of rotatable bonds is 3. The molecular formula is C16H15N3O2. The summed E-state index contributed by atoms with van der Waals surface area (Å²) in [7, 11) is 0. The lowest BCUT2D eigenvalue weighted by Crippen LogP contribution is -2.30. The maximum atomic E-state index is 11.2. The fraction of sp³-hybridized carbons (Fsp3) is 0.312. The second-order valence-electron chi connectivity index (χ2n) is 5.31. The molecule has 1 fully saturated rings. The molecular weight excluding hydrogens is 266 g/mol. The second kappa shape index (κ2) is 5.41. The minimum atomic E-state index is -0.772. The number of benzene rings is 1. The van der Waals surface area contributed by atoms with Crippen LogP contribution >= 0.6 is 0 Å². The minimum absolute atomic E-state index is 0.122. The Morgan fingerprint density at radius 3 is 2.95 bits per heavy atom. The number of carbonyl (C=O) groups is 1. The summed E-state index contributed by atoms with van der Waals surface area (Å²) >= 11 is 0. The van der Waals surface area contributed by atoms with E-state index in [1.807, 2.05) is 24.3 Å². The van der Waals surface area contributed by atoms with Crippen molar-refractivity contribution in [3.8, 4) is 6.07 Å². The molecule has 0 amide bonds. The number of hydrogen-bond acceptors (Lipinski definition) is 4. The van der Waals surface area contributed by atoms with Gasteiger partial charge in [-0.2, -0.15) is 5.26 Å². The van der Waals surface area contributed by atoms with Gasteiger partial charge in [0.25, 0.3) is 0 Å². The van der Waals surface area contributed by atoms with E-state index in [0.717, 1.165) is 23.7 Å². The third kappa shape index (κ3) is 2.52. The van der Waals surface area contributed by atoms with Crippen molar-refractivity contribution in [3.63, 3.8) is 0 Å². The maximum absolute atomic E-state index is 11.2. The molecule has 3 rings (SSSR count). The number of aliphatic carboxylic acids is 1. The Labute approximate surface area is 122 Å². The van der Waals surface area contributed by atoms with E-state index in [1.54, 1.807) is 6.07 Å². The fourth-order valence-corrected chi connectivity index (χ4v) is 2.96. The van der Waals surface area contributed by atoms with Gasteiger partial charge in [0.2, 0.25) is 0 Å². The maximum Gasteiger partial charge on any atom is 0.308 e. The van der Waals surface area contributed by atoms with Gasteiger partial charge in [-0.25, -0.2) is 4.98 Å². The highest BCUT2D eigenvalue weighted by Crippen LogP contribution is 2.29. The predicted molar refractivity (Wildman–Crippen MR) is 78.8 cm³/mol. The summed E-state index contributed by atoms with van der Waals surface area (Å²) in [6, 6.07) is 11.2. The van der Waals surface area contributed by atoms with Gasteiger partial charge in [0.1, 0.15) is 5.82 Å². The Kier molecular flexibility index (Phi) is 3.44. The molecule has 0 saturated heterocycles. The average molecular weight is 281 g/mol. The molecule has 1 aromatic carbocycles. The van der Waals surface area contributed by atoms with Crippen LogP contribution in [0.5, 0.6) is 0 Å². The van der Waals surface area contributed by atoms with Gasteiger partial charge < -0.3 is 10.4 Å². The molecule has 21 heavy (non-hydrogen) atoms. The summed E-state index contributed by atoms with van der Waals surface area (Å²) in [6.45, 7) is 0. The minimum Gasteiger partial charge on any atom is -0.481 e. The first-order valence-corrected chi connectivity index (χ1v) is 6.98. The topological polar surface area (TPSA) is 86.0 Å². The van der Waals surface area contributed by atoms with Crippen LogP contribution in [-0.2, 0) is 4.79 Å². The smallest absolute Gasteiger partial charge is 0.308 e. The molecule has 5 heteroatoms. The molecule has 0 spiro atoms. The van der Waals surface area contributed by atoms with Gasteiger partial charge >= 0.3 is 5.97 Å². The SMILES string of the molecule is N#Cc1cc(NC2CCCC2C(=O)O)nc2ccccc12. The Bertz CT molecular complexity index is 736. The first-order chi connectivity index (χ1) is 10.2. The van der Waals surface area contributed by atoms with E-state index in [2.05, 4.69) is 16.4 Å². The molecule has 0 radical (unpaired) electrons. The van der Waals surface area contributed by atoms with E-state index < -0.39 is 5.97 Å². The quantitative estimate of drug-likeness (QED) is 0.903.